The maximum absolute atomic E-state index is 4.21. The first-order chi connectivity index (χ1) is 5.47. The van der Waals surface area contributed by atoms with Crippen LogP contribution in [0.2, 0.25) is 0 Å². The maximum atomic E-state index is 4.21. The zero-order valence-electron chi connectivity index (χ0n) is 7.33. The Balaban J connectivity index is 0.000000281. The van der Waals surface area contributed by atoms with Crippen molar-refractivity contribution in [3.05, 3.63) is 12.2 Å². The van der Waals surface area contributed by atoms with E-state index in [1.54, 1.807) is 0 Å². The summed E-state index contributed by atoms with van der Waals surface area (Å²) in [6.07, 6.45) is 8.70. The molecule has 2 aliphatic heterocycles. The molecule has 0 aromatic carbocycles. The largest absolute Gasteiger partial charge is 0.290 e. The van der Waals surface area contributed by atoms with E-state index in [9.17, 15) is 0 Å². The van der Waals surface area contributed by atoms with Gasteiger partial charge in [-0.05, 0) is 18.9 Å². The van der Waals surface area contributed by atoms with Gasteiger partial charge < -0.3 is 0 Å². The molecule has 2 heteroatoms. The summed E-state index contributed by atoms with van der Waals surface area (Å²) in [4.78, 5) is 0. The molecule has 0 radical (unpaired) electrons. The lowest BCUT2D eigenvalue weighted by atomic mass is 10.2. The average molecular weight is 152 g/mol. The Labute approximate surface area is 68.6 Å². The summed E-state index contributed by atoms with van der Waals surface area (Å²) in [5, 5.41) is 6.37. The van der Waals surface area contributed by atoms with Crippen molar-refractivity contribution in [2.24, 2.45) is 5.10 Å². The first kappa shape index (κ1) is 8.31. The van der Waals surface area contributed by atoms with Gasteiger partial charge in [-0.2, -0.15) is 5.10 Å². The number of fused-ring (bicyclic) bond motifs is 1. The summed E-state index contributed by atoms with van der Waals surface area (Å²) < 4.78 is 0. The second-order valence-corrected chi connectivity index (χ2v) is 2.52. The standard InChI is InChI=1S/C7H10N2.C2H6/c1-3-7-4-2-6-9(7)8-5-1;1-2/h1,3,5,7H,2,4,6H2;1-2H3. The number of hydrazone groups is 1. The molecule has 2 rings (SSSR count). The van der Waals surface area contributed by atoms with Gasteiger partial charge in [-0.25, -0.2) is 0 Å². The van der Waals surface area contributed by atoms with Gasteiger partial charge in [0.05, 0.1) is 6.04 Å². The van der Waals surface area contributed by atoms with E-state index in [1.165, 1.54) is 12.8 Å². The number of nitrogens with zero attached hydrogens (tertiary/aromatic N) is 2. The molecule has 1 unspecified atom stereocenters. The topological polar surface area (TPSA) is 15.6 Å². The van der Waals surface area contributed by atoms with Gasteiger partial charge in [-0.1, -0.05) is 19.9 Å². The molecule has 2 nitrogen and oxygen atoms in total. The van der Waals surface area contributed by atoms with Crippen molar-refractivity contribution in [2.75, 3.05) is 6.54 Å². The van der Waals surface area contributed by atoms with Crippen LogP contribution in [0.1, 0.15) is 26.7 Å². The minimum absolute atomic E-state index is 0.620. The summed E-state index contributed by atoms with van der Waals surface area (Å²) in [7, 11) is 0. The molecule has 0 saturated carbocycles. The Morgan fingerprint density at radius 2 is 2.27 bits per heavy atom. The highest BCUT2D eigenvalue weighted by molar-refractivity contribution is 5.71. The third kappa shape index (κ3) is 1.82. The smallest absolute Gasteiger partial charge is 0.0655 e. The summed E-state index contributed by atoms with van der Waals surface area (Å²) in [5.74, 6) is 0. The van der Waals surface area contributed by atoms with E-state index >= 15 is 0 Å². The molecule has 62 valence electrons. The third-order valence-corrected chi connectivity index (χ3v) is 1.90. The normalized spacial score (nSPS) is 26.0. The van der Waals surface area contributed by atoms with Crippen molar-refractivity contribution in [1.29, 1.82) is 0 Å². The Hall–Kier alpha value is -0.790. The van der Waals surface area contributed by atoms with Crippen molar-refractivity contribution in [3.63, 3.8) is 0 Å². The van der Waals surface area contributed by atoms with Gasteiger partial charge in [0.1, 0.15) is 0 Å². The Morgan fingerprint density at radius 1 is 1.45 bits per heavy atom. The lowest BCUT2D eigenvalue weighted by Gasteiger charge is -2.19. The molecule has 2 aliphatic rings. The second kappa shape index (κ2) is 4.16. The molecular weight excluding hydrogens is 136 g/mol. The van der Waals surface area contributed by atoms with Crippen molar-refractivity contribution in [1.82, 2.24) is 5.01 Å². The Kier molecular flexibility index (Phi) is 3.14. The Morgan fingerprint density at radius 3 is 3.00 bits per heavy atom. The summed E-state index contributed by atoms with van der Waals surface area (Å²) in [5.41, 5.74) is 0. The molecule has 0 aromatic heterocycles. The van der Waals surface area contributed by atoms with Crippen LogP contribution in [0, 0.1) is 0 Å². The van der Waals surface area contributed by atoms with E-state index in [2.05, 4.69) is 16.2 Å². The third-order valence-electron chi connectivity index (χ3n) is 1.90. The van der Waals surface area contributed by atoms with Crippen LogP contribution in [0.4, 0.5) is 0 Å². The molecule has 0 spiro atoms. The monoisotopic (exact) mass is 152 g/mol. The van der Waals surface area contributed by atoms with E-state index in [4.69, 9.17) is 0 Å². The predicted molar refractivity (Wildman–Crippen MR) is 48.7 cm³/mol. The van der Waals surface area contributed by atoms with Crippen LogP contribution >= 0.6 is 0 Å². The highest BCUT2D eigenvalue weighted by atomic mass is 15.5. The molecule has 1 saturated heterocycles. The summed E-state index contributed by atoms with van der Waals surface area (Å²) in [6, 6.07) is 0.620. The van der Waals surface area contributed by atoms with Crippen molar-refractivity contribution >= 4 is 6.21 Å². The molecule has 1 fully saturated rings. The predicted octanol–water partition coefficient (Wildman–Crippen LogP) is 2.03. The molecule has 0 aliphatic carbocycles. The van der Waals surface area contributed by atoms with Crippen LogP contribution in [0.25, 0.3) is 0 Å². The number of rotatable bonds is 0. The van der Waals surface area contributed by atoms with Crippen LogP contribution in [0.5, 0.6) is 0 Å². The first-order valence-corrected chi connectivity index (χ1v) is 4.44. The fourth-order valence-corrected chi connectivity index (χ4v) is 1.42. The van der Waals surface area contributed by atoms with Crippen molar-refractivity contribution < 1.29 is 0 Å². The van der Waals surface area contributed by atoms with Crippen molar-refractivity contribution in [2.45, 2.75) is 32.7 Å². The fourth-order valence-electron chi connectivity index (χ4n) is 1.42. The van der Waals surface area contributed by atoms with Crippen LogP contribution in [0.3, 0.4) is 0 Å². The first-order valence-electron chi connectivity index (χ1n) is 4.44. The van der Waals surface area contributed by atoms with Gasteiger partial charge in [0.25, 0.3) is 0 Å². The maximum Gasteiger partial charge on any atom is 0.0655 e. The molecular formula is C9H16N2. The lowest BCUT2D eigenvalue weighted by molar-refractivity contribution is 0.305. The van der Waals surface area contributed by atoms with Crippen LogP contribution in [-0.4, -0.2) is 23.8 Å². The molecule has 11 heavy (non-hydrogen) atoms. The fraction of sp³-hybridized carbons (Fsp3) is 0.667. The van der Waals surface area contributed by atoms with E-state index in [0.717, 1.165) is 6.54 Å². The molecule has 0 aromatic rings. The van der Waals surface area contributed by atoms with Gasteiger partial charge in [0, 0.05) is 12.8 Å². The zero-order valence-corrected chi connectivity index (χ0v) is 7.33. The minimum Gasteiger partial charge on any atom is -0.290 e. The average Bonchev–Trinajstić information content (AvgIpc) is 2.55. The number of hydrogen-bond acceptors (Lipinski definition) is 2. The molecule has 0 N–H and O–H groups in total. The van der Waals surface area contributed by atoms with Crippen molar-refractivity contribution in [3.8, 4) is 0 Å². The quantitative estimate of drug-likeness (QED) is 0.518. The van der Waals surface area contributed by atoms with Crippen LogP contribution in [-0.2, 0) is 0 Å². The van der Waals surface area contributed by atoms with E-state index in [0.29, 0.717) is 6.04 Å². The highest BCUT2D eigenvalue weighted by Gasteiger charge is 2.20. The van der Waals surface area contributed by atoms with E-state index in [-0.39, 0.29) is 0 Å². The summed E-state index contributed by atoms with van der Waals surface area (Å²) >= 11 is 0. The highest BCUT2D eigenvalue weighted by Crippen LogP contribution is 2.19. The summed E-state index contributed by atoms with van der Waals surface area (Å²) in [6.45, 7) is 5.14. The van der Waals surface area contributed by atoms with Gasteiger partial charge in [0.15, 0.2) is 0 Å². The molecule has 0 bridgehead atoms. The zero-order chi connectivity index (χ0) is 8.10. The SMILES string of the molecule is C1=CC2CCCN2N=C1.CC. The Bertz CT molecular complexity index is 143. The van der Waals surface area contributed by atoms with Gasteiger partial charge in [-0.15, -0.1) is 0 Å². The van der Waals surface area contributed by atoms with Gasteiger partial charge >= 0.3 is 0 Å². The van der Waals surface area contributed by atoms with Gasteiger partial charge in [-0.3, -0.25) is 5.01 Å². The van der Waals surface area contributed by atoms with E-state index < -0.39 is 0 Å². The molecule has 1 atom stereocenters. The number of allylic oxidation sites excluding steroid dienone is 1. The minimum atomic E-state index is 0.620. The van der Waals surface area contributed by atoms with Crippen LogP contribution < -0.4 is 0 Å². The van der Waals surface area contributed by atoms with Gasteiger partial charge in [0.2, 0.25) is 0 Å². The van der Waals surface area contributed by atoms with Crippen LogP contribution in [0.15, 0.2) is 17.3 Å². The molecule has 2 heterocycles. The number of hydrogen-bond donors (Lipinski definition) is 0. The second-order valence-electron chi connectivity index (χ2n) is 2.52. The lowest BCUT2D eigenvalue weighted by Crippen LogP contribution is -2.23. The molecule has 0 amide bonds. The van der Waals surface area contributed by atoms with E-state index in [1.807, 2.05) is 26.1 Å².